The molecule has 0 radical (unpaired) electrons. The molecule has 5 nitrogen and oxygen atoms in total. The fraction of sp³-hybridized carbons (Fsp3) is 0.588. The van der Waals surface area contributed by atoms with Crippen LogP contribution < -0.4 is 10.1 Å². The van der Waals surface area contributed by atoms with Gasteiger partial charge < -0.3 is 14.8 Å². The third-order valence-corrected chi connectivity index (χ3v) is 5.12. The first-order chi connectivity index (χ1) is 11.1. The molecule has 2 fully saturated rings. The number of fused-ring (bicyclic) bond motifs is 1. The molecule has 23 heavy (non-hydrogen) atoms. The van der Waals surface area contributed by atoms with Crippen LogP contribution in [0, 0.1) is 5.41 Å². The molecular formula is C17H23ClN2O3. The maximum absolute atomic E-state index is 12.4. The Kier molecular flexibility index (Phi) is 5.09. The molecule has 0 aliphatic carbocycles. The van der Waals surface area contributed by atoms with Gasteiger partial charge in [0, 0.05) is 38.3 Å². The van der Waals surface area contributed by atoms with Crippen molar-refractivity contribution >= 4 is 17.5 Å². The van der Waals surface area contributed by atoms with E-state index in [0.717, 1.165) is 38.2 Å². The van der Waals surface area contributed by atoms with Crippen molar-refractivity contribution in [1.82, 2.24) is 10.2 Å². The average molecular weight is 339 g/mol. The Hall–Kier alpha value is -1.30. The van der Waals surface area contributed by atoms with E-state index in [4.69, 9.17) is 21.1 Å². The lowest BCUT2D eigenvalue weighted by molar-refractivity contribution is -0.138. The number of benzene rings is 1. The summed E-state index contributed by atoms with van der Waals surface area (Å²) in [4.78, 5) is 14.7. The maximum atomic E-state index is 12.4. The molecule has 1 aromatic carbocycles. The summed E-state index contributed by atoms with van der Waals surface area (Å²) in [7, 11) is 1.70. The zero-order chi connectivity index (χ0) is 16.3. The molecule has 0 saturated carbocycles. The summed E-state index contributed by atoms with van der Waals surface area (Å²) < 4.78 is 11.5. The van der Waals surface area contributed by atoms with Crippen LogP contribution >= 0.6 is 11.6 Å². The lowest BCUT2D eigenvalue weighted by Gasteiger charge is -2.42. The second kappa shape index (κ2) is 7.07. The van der Waals surface area contributed by atoms with E-state index in [9.17, 15) is 4.79 Å². The third kappa shape index (κ3) is 3.47. The molecule has 0 aromatic heterocycles. The van der Waals surface area contributed by atoms with Gasteiger partial charge in [-0.25, -0.2) is 0 Å². The van der Waals surface area contributed by atoms with Crippen molar-refractivity contribution in [3.63, 3.8) is 0 Å². The van der Waals surface area contributed by atoms with Crippen LogP contribution in [0.4, 0.5) is 0 Å². The Balaban J connectivity index is 1.55. The molecule has 0 spiro atoms. The quantitative estimate of drug-likeness (QED) is 0.891. The number of ether oxygens (including phenoxy) is 2. The molecule has 2 aliphatic heterocycles. The van der Waals surface area contributed by atoms with Crippen LogP contribution in [0.5, 0.6) is 5.75 Å². The number of carbonyl (C=O) groups excluding carboxylic acids is 1. The minimum atomic E-state index is -0.396. The van der Waals surface area contributed by atoms with E-state index >= 15 is 0 Å². The summed E-state index contributed by atoms with van der Waals surface area (Å²) in [5, 5.41) is 3.52. The smallest absolute Gasteiger partial charge is 0.229 e. The number of likely N-dealkylation sites (tertiary alicyclic amines) is 1. The number of piperidine rings is 1. The van der Waals surface area contributed by atoms with Crippen molar-refractivity contribution in [1.29, 1.82) is 0 Å². The number of hydrogen-bond acceptors (Lipinski definition) is 4. The number of hydrogen-bond donors (Lipinski definition) is 1. The Morgan fingerprint density at radius 3 is 3.00 bits per heavy atom. The van der Waals surface area contributed by atoms with Crippen LogP contribution in [0.1, 0.15) is 12.8 Å². The standard InChI is InChI=1S/C17H23ClN2O3/c1-19-16(21)17-7-10-23-15(17)6-8-20(12-17)9-11-22-14-4-2-13(18)3-5-14/h2-5,15H,6-12H2,1H3,(H,19,21)/t15-,17-/m0/s1. The SMILES string of the molecule is CNC(=O)[C@]12CCO[C@H]1CCN(CCOc1ccc(Cl)cc1)C2. The van der Waals surface area contributed by atoms with Crippen molar-refractivity contribution in [3.05, 3.63) is 29.3 Å². The average Bonchev–Trinajstić information content (AvgIpc) is 3.00. The Morgan fingerprint density at radius 1 is 1.48 bits per heavy atom. The minimum Gasteiger partial charge on any atom is -0.492 e. The lowest BCUT2D eigenvalue weighted by Crippen LogP contribution is -2.57. The molecule has 0 unspecified atom stereocenters. The largest absolute Gasteiger partial charge is 0.492 e. The summed E-state index contributed by atoms with van der Waals surface area (Å²) in [5.41, 5.74) is -0.396. The molecule has 126 valence electrons. The predicted molar refractivity (Wildman–Crippen MR) is 88.9 cm³/mol. The fourth-order valence-electron chi connectivity index (χ4n) is 3.62. The summed E-state index contributed by atoms with van der Waals surface area (Å²) >= 11 is 5.86. The van der Waals surface area contributed by atoms with Gasteiger partial charge >= 0.3 is 0 Å². The molecule has 2 atom stereocenters. The molecule has 6 heteroatoms. The first-order valence-corrected chi connectivity index (χ1v) is 8.46. The molecule has 1 N–H and O–H groups in total. The second-order valence-electron chi connectivity index (χ2n) is 6.21. The van der Waals surface area contributed by atoms with Gasteiger partial charge in [-0.05, 0) is 37.1 Å². The molecule has 2 aliphatic rings. The van der Waals surface area contributed by atoms with E-state index in [1.165, 1.54) is 0 Å². The van der Waals surface area contributed by atoms with E-state index in [1.54, 1.807) is 7.05 Å². The van der Waals surface area contributed by atoms with Crippen LogP contribution in [0.25, 0.3) is 0 Å². The van der Waals surface area contributed by atoms with Gasteiger partial charge in [-0.2, -0.15) is 0 Å². The number of rotatable bonds is 5. The molecule has 0 bridgehead atoms. The highest BCUT2D eigenvalue weighted by molar-refractivity contribution is 6.30. The monoisotopic (exact) mass is 338 g/mol. The highest BCUT2D eigenvalue weighted by Crippen LogP contribution is 2.40. The first kappa shape index (κ1) is 16.6. The number of nitrogens with one attached hydrogen (secondary N) is 1. The first-order valence-electron chi connectivity index (χ1n) is 8.08. The van der Waals surface area contributed by atoms with Crippen molar-refractivity contribution < 1.29 is 14.3 Å². The minimum absolute atomic E-state index is 0.0517. The maximum Gasteiger partial charge on any atom is 0.229 e. The molecule has 1 aromatic rings. The van der Waals surface area contributed by atoms with E-state index in [2.05, 4.69) is 10.2 Å². The summed E-state index contributed by atoms with van der Waals surface area (Å²) in [5.74, 6) is 0.915. The van der Waals surface area contributed by atoms with Crippen molar-refractivity contribution in [2.24, 2.45) is 5.41 Å². The normalized spacial score (nSPS) is 27.5. The zero-order valence-electron chi connectivity index (χ0n) is 13.4. The summed E-state index contributed by atoms with van der Waals surface area (Å²) in [6.45, 7) is 3.74. The Bertz CT molecular complexity index is 551. The van der Waals surface area contributed by atoms with Crippen LogP contribution in [0.3, 0.4) is 0 Å². The van der Waals surface area contributed by atoms with Gasteiger partial charge in [0.05, 0.1) is 11.5 Å². The number of halogens is 1. The van der Waals surface area contributed by atoms with E-state index in [1.807, 2.05) is 24.3 Å². The lowest BCUT2D eigenvalue weighted by atomic mass is 9.75. The van der Waals surface area contributed by atoms with Crippen LogP contribution in [0.2, 0.25) is 5.02 Å². The predicted octanol–water partition coefficient (Wildman–Crippen LogP) is 1.95. The van der Waals surface area contributed by atoms with Gasteiger partial charge in [0.2, 0.25) is 5.91 Å². The van der Waals surface area contributed by atoms with E-state index in [-0.39, 0.29) is 12.0 Å². The molecule has 3 rings (SSSR count). The fourth-order valence-corrected chi connectivity index (χ4v) is 3.74. The third-order valence-electron chi connectivity index (χ3n) is 4.87. The highest BCUT2D eigenvalue weighted by atomic mass is 35.5. The van der Waals surface area contributed by atoms with Gasteiger partial charge in [0.25, 0.3) is 0 Å². The van der Waals surface area contributed by atoms with Gasteiger partial charge in [-0.15, -0.1) is 0 Å². The highest BCUT2D eigenvalue weighted by Gasteiger charge is 2.52. The molecule has 2 heterocycles. The van der Waals surface area contributed by atoms with Crippen LogP contribution in [-0.4, -0.2) is 56.8 Å². The van der Waals surface area contributed by atoms with Crippen LogP contribution in [-0.2, 0) is 9.53 Å². The Labute approximate surface area is 141 Å². The van der Waals surface area contributed by atoms with E-state index < -0.39 is 5.41 Å². The second-order valence-corrected chi connectivity index (χ2v) is 6.65. The van der Waals surface area contributed by atoms with Gasteiger partial charge in [0.1, 0.15) is 12.4 Å². The van der Waals surface area contributed by atoms with E-state index in [0.29, 0.717) is 18.2 Å². The number of nitrogens with zero attached hydrogens (tertiary/aromatic N) is 1. The van der Waals surface area contributed by atoms with Gasteiger partial charge in [-0.1, -0.05) is 11.6 Å². The van der Waals surface area contributed by atoms with Crippen LogP contribution in [0.15, 0.2) is 24.3 Å². The van der Waals surface area contributed by atoms with Crippen molar-refractivity contribution in [3.8, 4) is 5.75 Å². The van der Waals surface area contributed by atoms with Crippen molar-refractivity contribution in [2.45, 2.75) is 18.9 Å². The topological polar surface area (TPSA) is 50.8 Å². The Morgan fingerprint density at radius 2 is 2.26 bits per heavy atom. The summed E-state index contributed by atoms with van der Waals surface area (Å²) in [6, 6.07) is 7.37. The van der Waals surface area contributed by atoms with Crippen molar-refractivity contribution in [2.75, 3.05) is 39.9 Å². The summed E-state index contributed by atoms with van der Waals surface area (Å²) in [6.07, 6.45) is 1.75. The van der Waals surface area contributed by atoms with Gasteiger partial charge in [-0.3, -0.25) is 9.69 Å². The number of amides is 1. The molecular weight excluding hydrogens is 316 g/mol. The molecule has 1 amide bonds. The zero-order valence-corrected chi connectivity index (χ0v) is 14.1. The number of carbonyl (C=O) groups is 1. The molecule has 2 saturated heterocycles. The van der Waals surface area contributed by atoms with Gasteiger partial charge in [0.15, 0.2) is 0 Å².